The number of halogens is 1. The fourth-order valence-corrected chi connectivity index (χ4v) is 5.71. The molecule has 4 rings (SSSR count). The van der Waals surface area contributed by atoms with E-state index in [1.54, 1.807) is 18.3 Å². The average Bonchev–Trinajstić information content (AvgIpc) is 2.75. The summed E-state index contributed by atoms with van der Waals surface area (Å²) in [6, 6.07) is 11.4. The van der Waals surface area contributed by atoms with Crippen LogP contribution < -0.4 is 5.32 Å². The summed E-state index contributed by atoms with van der Waals surface area (Å²) in [6.45, 7) is 0.709. The third-order valence-electron chi connectivity index (χ3n) is 5.49. The van der Waals surface area contributed by atoms with E-state index < -0.39 is 10.0 Å². The molecule has 152 valence electrons. The van der Waals surface area contributed by atoms with E-state index in [0.29, 0.717) is 43.1 Å². The van der Waals surface area contributed by atoms with Gasteiger partial charge in [-0.1, -0.05) is 24.3 Å². The predicted octanol–water partition coefficient (Wildman–Crippen LogP) is 3.81. The molecule has 1 amide bonds. The third kappa shape index (κ3) is 4.44. The number of hydrogen-bond acceptors (Lipinski definition) is 4. The zero-order chi connectivity index (χ0) is 20.4. The number of rotatable bonds is 4. The van der Waals surface area contributed by atoms with E-state index in [0.717, 1.165) is 16.5 Å². The number of anilines is 1. The number of carbonyl (C=O) groups excluding carboxylic acids is 1. The van der Waals surface area contributed by atoms with Gasteiger partial charge in [0, 0.05) is 29.7 Å². The van der Waals surface area contributed by atoms with Gasteiger partial charge in [-0.2, -0.15) is 4.31 Å². The molecular weight excluding hydrogens is 454 g/mol. The van der Waals surface area contributed by atoms with Crippen molar-refractivity contribution in [3.8, 4) is 0 Å². The Balaban J connectivity index is 1.39. The average molecular weight is 476 g/mol. The van der Waals surface area contributed by atoms with Crippen LogP contribution in [-0.4, -0.2) is 36.7 Å². The van der Waals surface area contributed by atoms with E-state index in [9.17, 15) is 13.2 Å². The van der Waals surface area contributed by atoms with E-state index in [4.69, 9.17) is 0 Å². The number of aromatic nitrogens is 1. The van der Waals surface area contributed by atoms with Gasteiger partial charge >= 0.3 is 0 Å². The van der Waals surface area contributed by atoms with E-state index in [2.05, 4.69) is 26.2 Å². The highest BCUT2D eigenvalue weighted by Gasteiger charge is 2.34. The molecule has 1 aliphatic carbocycles. The van der Waals surface area contributed by atoms with Crippen LogP contribution in [0.4, 0.5) is 5.82 Å². The van der Waals surface area contributed by atoms with Gasteiger partial charge in [-0.3, -0.25) is 4.79 Å². The zero-order valence-corrected chi connectivity index (χ0v) is 18.2. The van der Waals surface area contributed by atoms with Crippen molar-refractivity contribution in [2.75, 3.05) is 18.4 Å². The summed E-state index contributed by atoms with van der Waals surface area (Å²) in [4.78, 5) is 17.1. The number of piperidine rings is 1. The molecule has 2 heterocycles. The summed E-state index contributed by atoms with van der Waals surface area (Å²) < 4.78 is 28.5. The highest BCUT2D eigenvalue weighted by molar-refractivity contribution is 9.10. The normalized spacial score (nSPS) is 18.0. The topological polar surface area (TPSA) is 79.4 Å². The van der Waals surface area contributed by atoms with Crippen molar-refractivity contribution in [3.63, 3.8) is 0 Å². The molecule has 1 aromatic carbocycles. The van der Waals surface area contributed by atoms with Gasteiger partial charge in [-0.15, -0.1) is 0 Å². The summed E-state index contributed by atoms with van der Waals surface area (Å²) in [5.41, 5.74) is 2.16. The molecule has 8 heteroatoms. The molecule has 1 aromatic heterocycles. The molecule has 0 radical (unpaired) electrons. The second-order valence-corrected chi connectivity index (χ2v) is 10.2. The Morgan fingerprint density at radius 1 is 1.10 bits per heavy atom. The van der Waals surface area contributed by atoms with Gasteiger partial charge in [0.25, 0.3) is 0 Å². The SMILES string of the molecule is O=C(Nc1ccc(Br)cn1)C1CCN(S(=O)(=O)C2=Cc3ccccc3CC2)CC1. The van der Waals surface area contributed by atoms with E-state index in [-0.39, 0.29) is 11.8 Å². The number of sulfonamides is 1. The number of nitrogens with one attached hydrogen (secondary N) is 1. The van der Waals surface area contributed by atoms with Gasteiger partial charge in [0.05, 0.1) is 4.91 Å². The Morgan fingerprint density at radius 3 is 2.59 bits per heavy atom. The molecule has 6 nitrogen and oxygen atoms in total. The minimum absolute atomic E-state index is 0.109. The number of aryl methyl sites for hydroxylation is 1. The Bertz CT molecular complexity index is 1040. The number of fused-ring (bicyclic) bond motifs is 1. The lowest BCUT2D eigenvalue weighted by Gasteiger charge is -2.32. The highest BCUT2D eigenvalue weighted by atomic mass is 79.9. The maximum Gasteiger partial charge on any atom is 0.239 e. The molecule has 1 aliphatic heterocycles. The number of allylic oxidation sites excluding steroid dienone is 1. The first-order valence-corrected chi connectivity index (χ1v) is 11.9. The summed E-state index contributed by atoms with van der Waals surface area (Å²) >= 11 is 3.31. The monoisotopic (exact) mass is 475 g/mol. The van der Waals surface area contributed by atoms with Crippen molar-refractivity contribution in [1.82, 2.24) is 9.29 Å². The summed E-state index contributed by atoms with van der Waals surface area (Å²) in [7, 11) is -3.50. The fraction of sp³-hybridized carbons (Fsp3) is 0.333. The molecule has 1 N–H and O–H groups in total. The third-order valence-corrected chi connectivity index (χ3v) is 7.99. The summed E-state index contributed by atoms with van der Waals surface area (Å²) in [6.07, 6.45) is 5.69. The molecule has 0 saturated carbocycles. The first-order valence-electron chi connectivity index (χ1n) is 9.64. The smallest absolute Gasteiger partial charge is 0.239 e. The van der Waals surface area contributed by atoms with Crippen LogP contribution in [0.5, 0.6) is 0 Å². The second kappa shape index (κ2) is 8.38. The Morgan fingerprint density at radius 2 is 1.86 bits per heavy atom. The molecule has 0 unspecified atom stereocenters. The first kappa shape index (κ1) is 20.3. The molecule has 1 saturated heterocycles. The fourth-order valence-electron chi connectivity index (χ4n) is 3.81. The zero-order valence-electron chi connectivity index (χ0n) is 15.8. The number of carbonyl (C=O) groups is 1. The van der Waals surface area contributed by atoms with Crippen LogP contribution in [0.3, 0.4) is 0 Å². The maximum absolute atomic E-state index is 13.1. The number of hydrogen-bond donors (Lipinski definition) is 1. The van der Waals surface area contributed by atoms with Gasteiger partial charge in [0.15, 0.2) is 0 Å². The van der Waals surface area contributed by atoms with E-state index in [1.807, 2.05) is 30.3 Å². The molecule has 1 fully saturated rings. The quantitative estimate of drug-likeness (QED) is 0.728. The lowest BCUT2D eigenvalue weighted by atomic mass is 9.97. The standard InChI is InChI=1S/C21H22BrN3O3S/c22-18-6-8-20(23-14-18)24-21(26)16-9-11-25(12-10-16)29(27,28)19-7-5-15-3-1-2-4-17(15)13-19/h1-4,6,8,13-14,16H,5,7,9-12H2,(H,23,24,26). The van der Waals surface area contributed by atoms with Crippen molar-refractivity contribution >= 4 is 43.8 Å². The molecule has 0 spiro atoms. The molecule has 0 bridgehead atoms. The minimum Gasteiger partial charge on any atom is -0.310 e. The highest BCUT2D eigenvalue weighted by Crippen LogP contribution is 2.31. The predicted molar refractivity (Wildman–Crippen MR) is 117 cm³/mol. The van der Waals surface area contributed by atoms with Crippen LogP contribution in [0, 0.1) is 5.92 Å². The van der Waals surface area contributed by atoms with Crippen LogP contribution in [0.1, 0.15) is 30.4 Å². The summed E-state index contributed by atoms with van der Waals surface area (Å²) in [5, 5.41) is 2.82. The summed E-state index contributed by atoms with van der Waals surface area (Å²) in [5.74, 6) is 0.176. The van der Waals surface area contributed by atoms with E-state index in [1.165, 1.54) is 9.87 Å². The molecule has 29 heavy (non-hydrogen) atoms. The van der Waals surface area contributed by atoms with Gasteiger partial charge in [-0.25, -0.2) is 13.4 Å². The van der Waals surface area contributed by atoms with Crippen molar-refractivity contribution in [2.24, 2.45) is 5.92 Å². The lowest BCUT2D eigenvalue weighted by Crippen LogP contribution is -2.42. The van der Waals surface area contributed by atoms with Crippen molar-refractivity contribution in [3.05, 3.63) is 63.1 Å². The number of pyridine rings is 1. The number of benzene rings is 1. The van der Waals surface area contributed by atoms with Crippen LogP contribution in [0.25, 0.3) is 6.08 Å². The van der Waals surface area contributed by atoms with Gasteiger partial charge in [-0.05, 0) is 70.9 Å². The van der Waals surface area contributed by atoms with Crippen molar-refractivity contribution in [1.29, 1.82) is 0 Å². The number of nitrogens with zero attached hydrogens (tertiary/aromatic N) is 2. The first-order chi connectivity index (χ1) is 13.9. The molecule has 2 aliphatic rings. The minimum atomic E-state index is -3.50. The van der Waals surface area contributed by atoms with Crippen molar-refractivity contribution in [2.45, 2.75) is 25.7 Å². The lowest BCUT2D eigenvalue weighted by molar-refractivity contribution is -0.120. The molecular formula is C21H22BrN3O3S. The van der Waals surface area contributed by atoms with Crippen LogP contribution >= 0.6 is 15.9 Å². The van der Waals surface area contributed by atoms with Crippen molar-refractivity contribution < 1.29 is 13.2 Å². The number of amides is 1. The van der Waals surface area contributed by atoms with Gasteiger partial charge in [0.1, 0.15) is 5.82 Å². The second-order valence-electron chi connectivity index (χ2n) is 7.34. The molecule has 0 atom stereocenters. The van der Waals surface area contributed by atoms with Gasteiger partial charge < -0.3 is 5.32 Å². The van der Waals surface area contributed by atoms with Crippen LogP contribution in [0.15, 0.2) is 52.0 Å². The van der Waals surface area contributed by atoms with Crippen LogP contribution in [0.2, 0.25) is 0 Å². The largest absolute Gasteiger partial charge is 0.310 e. The Labute approximate surface area is 179 Å². The molecule has 2 aromatic rings. The Hall–Kier alpha value is -2.03. The Kier molecular flexibility index (Phi) is 5.85. The van der Waals surface area contributed by atoms with Crippen LogP contribution in [-0.2, 0) is 21.2 Å². The van der Waals surface area contributed by atoms with Gasteiger partial charge in [0.2, 0.25) is 15.9 Å². The maximum atomic E-state index is 13.1. The van der Waals surface area contributed by atoms with E-state index >= 15 is 0 Å².